The summed E-state index contributed by atoms with van der Waals surface area (Å²) in [5, 5.41) is 8.91. The minimum atomic E-state index is -2.47. The Balaban J connectivity index is 2.95. The predicted octanol–water partition coefficient (Wildman–Crippen LogP) is 2.26. The fraction of sp³-hybridized carbons (Fsp3) is 0.636. The van der Waals surface area contributed by atoms with E-state index in [1.54, 1.807) is 6.07 Å². The fourth-order valence-electron chi connectivity index (χ4n) is 1.54. The first-order valence-electron chi connectivity index (χ1n) is 5.74. The molecule has 7 heteroatoms. The molecule has 102 valence electrons. The topological polar surface area (TPSA) is 49.2 Å². The molecule has 4 nitrogen and oxygen atoms in total. The third kappa shape index (κ3) is 4.81. The lowest BCUT2D eigenvalue weighted by atomic mass is 10.3. The summed E-state index contributed by atoms with van der Waals surface area (Å²) in [5.41, 5.74) is 0. The maximum Gasteiger partial charge on any atom is 0.255 e. The Morgan fingerprint density at radius 2 is 2.17 bits per heavy atom. The number of alkyl halides is 2. The lowest BCUT2D eigenvalue weighted by Crippen LogP contribution is -2.32. The molecule has 0 saturated carbocycles. The third-order valence-electron chi connectivity index (χ3n) is 2.25. The van der Waals surface area contributed by atoms with Crippen LogP contribution in [0.1, 0.15) is 19.2 Å². The van der Waals surface area contributed by atoms with E-state index in [-0.39, 0.29) is 13.2 Å². The second-order valence-electron chi connectivity index (χ2n) is 3.78. The van der Waals surface area contributed by atoms with Crippen LogP contribution in [0.5, 0.6) is 0 Å². The van der Waals surface area contributed by atoms with Crippen molar-refractivity contribution in [3.63, 3.8) is 0 Å². The zero-order valence-corrected chi connectivity index (χ0v) is 11.7. The van der Waals surface area contributed by atoms with Crippen LogP contribution in [0.3, 0.4) is 0 Å². The van der Waals surface area contributed by atoms with E-state index in [0.29, 0.717) is 22.7 Å². The minimum Gasteiger partial charge on any atom is -0.395 e. The maximum atomic E-state index is 12.5. The largest absolute Gasteiger partial charge is 0.395 e. The van der Waals surface area contributed by atoms with Crippen LogP contribution < -0.4 is 4.90 Å². The van der Waals surface area contributed by atoms with Crippen molar-refractivity contribution in [3.05, 3.63) is 16.5 Å². The maximum absolute atomic E-state index is 12.5. The zero-order chi connectivity index (χ0) is 13.5. The van der Waals surface area contributed by atoms with Crippen molar-refractivity contribution in [1.82, 2.24) is 9.97 Å². The van der Waals surface area contributed by atoms with Crippen LogP contribution in [0.15, 0.2) is 10.7 Å². The normalized spacial score (nSPS) is 11.0. The second-order valence-corrected chi connectivity index (χ2v) is 4.59. The smallest absolute Gasteiger partial charge is 0.255 e. The van der Waals surface area contributed by atoms with Gasteiger partial charge in [0.2, 0.25) is 0 Å². The summed E-state index contributed by atoms with van der Waals surface area (Å²) in [6.45, 7) is 1.47. The summed E-state index contributed by atoms with van der Waals surface area (Å²) in [6.07, 6.45) is -0.904. The van der Waals surface area contributed by atoms with E-state index < -0.39 is 13.0 Å². The van der Waals surface area contributed by atoms with Gasteiger partial charge in [-0.2, -0.15) is 0 Å². The molecular formula is C11H16BrF2N3O. The van der Waals surface area contributed by atoms with Gasteiger partial charge in [-0.05, 0) is 22.4 Å². The highest BCUT2D eigenvalue weighted by molar-refractivity contribution is 9.10. The number of halogens is 3. The Bertz CT molecular complexity index is 379. The van der Waals surface area contributed by atoms with E-state index in [0.717, 1.165) is 6.42 Å². The summed E-state index contributed by atoms with van der Waals surface area (Å²) in [7, 11) is 0. The number of anilines is 1. The molecule has 0 aromatic carbocycles. The highest BCUT2D eigenvalue weighted by Gasteiger charge is 2.15. The highest BCUT2D eigenvalue weighted by Crippen LogP contribution is 2.18. The van der Waals surface area contributed by atoms with Crippen molar-refractivity contribution in [3.8, 4) is 0 Å². The molecule has 1 rings (SSSR count). The molecule has 0 atom stereocenters. The first kappa shape index (κ1) is 15.2. The van der Waals surface area contributed by atoms with Crippen molar-refractivity contribution in [2.45, 2.75) is 26.2 Å². The molecule has 0 saturated heterocycles. The van der Waals surface area contributed by atoms with Crippen molar-refractivity contribution >= 4 is 21.7 Å². The Kier molecular flexibility index (Phi) is 6.42. The van der Waals surface area contributed by atoms with Crippen LogP contribution in [0.25, 0.3) is 0 Å². The van der Waals surface area contributed by atoms with Gasteiger partial charge < -0.3 is 10.0 Å². The van der Waals surface area contributed by atoms with E-state index in [9.17, 15) is 8.78 Å². The highest BCUT2D eigenvalue weighted by atomic mass is 79.9. The lowest BCUT2D eigenvalue weighted by Gasteiger charge is -2.22. The van der Waals surface area contributed by atoms with Crippen LogP contribution in [-0.4, -0.2) is 41.2 Å². The SMILES string of the molecule is CCCc1nc(Br)cc(N(CCO)CC(F)F)n1. The predicted molar refractivity (Wildman–Crippen MR) is 69.0 cm³/mol. The van der Waals surface area contributed by atoms with Crippen molar-refractivity contribution in [2.75, 3.05) is 24.6 Å². The van der Waals surface area contributed by atoms with E-state index >= 15 is 0 Å². The molecule has 0 spiro atoms. The number of rotatable bonds is 7. The van der Waals surface area contributed by atoms with Gasteiger partial charge in [-0.15, -0.1) is 0 Å². The molecule has 1 N–H and O–H groups in total. The molecule has 0 aliphatic carbocycles. The molecule has 18 heavy (non-hydrogen) atoms. The first-order valence-corrected chi connectivity index (χ1v) is 6.53. The summed E-state index contributed by atoms with van der Waals surface area (Å²) in [5.74, 6) is 1.02. The van der Waals surface area contributed by atoms with Crippen LogP contribution in [0.2, 0.25) is 0 Å². The van der Waals surface area contributed by atoms with Crippen LogP contribution >= 0.6 is 15.9 Å². The summed E-state index contributed by atoms with van der Waals surface area (Å²) in [4.78, 5) is 9.77. The van der Waals surface area contributed by atoms with Gasteiger partial charge in [0, 0.05) is 19.0 Å². The zero-order valence-electron chi connectivity index (χ0n) is 10.1. The van der Waals surface area contributed by atoms with Gasteiger partial charge in [-0.3, -0.25) is 0 Å². The second kappa shape index (κ2) is 7.58. The van der Waals surface area contributed by atoms with Gasteiger partial charge in [-0.25, -0.2) is 18.7 Å². The Morgan fingerprint density at radius 3 is 2.72 bits per heavy atom. The van der Waals surface area contributed by atoms with E-state index in [2.05, 4.69) is 25.9 Å². The number of aliphatic hydroxyl groups is 1. The average Bonchev–Trinajstić information content (AvgIpc) is 2.27. The lowest BCUT2D eigenvalue weighted by molar-refractivity contribution is 0.152. The fourth-order valence-corrected chi connectivity index (χ4v) is 1.95. The molecule has 0 amide bonds. The van der Waals surface area contributed by atoms with Gasteiger partial charge in [0.15, 0.2) is 0 Å². The number of hydrogen-bond acceptors (Lipinski definition) is 4. The summed E-state index contributed by atoms with van der Waals surface area (Å²) in [6, 6.07) is 1.58. The van der Waals surface area contributed by atoms with Crippen molar-refractivity contribution < 1.29 is 13.9 Å². The molecular weight excluding hydrogens is 308 g/mol. The molecule has 0 radical (unpaired) electrons. The van der Waals surface area contributed by atoms with E-state index in [4.69, 9.17) is 5.11 Å². The Hall–Kier alpha value is -0.820. The van der Waals surface area contributed by atoms with E-state index in [1.807, 2.05) is 6.92 Å². The minimum absolute atomic E-state index is 0.124. The molecule has 0 fully saturated rings. The molecule has 0 aliphatic heterocycles. The number of aryl methyl sites for hydroxylation is 1. The number of nitrogens with zero attached hydrogens (tertiary/aromatic N) is 3. The number of aliphatic hydroxyl groups excluding tert-OH is 1. The number of aromatic nitrogens is 2. The monoisotopic (exact) mass is 323 g/mol. The van der Waals surface area contributed by atoms with Gasteiger partial charge in [-0.1, -0.05) is 6.92 Å². The van der Waals surface area contributed by atoms with Crippen LogP contribution in [-0.2, 0) is 6.42 Å². The van der Waals surface area contributed by atoms with Gasteiger partial charge in [0.25, 0.3) is 6.43 Å². The van der Waals surface area contributed by atoms with Gasteiger partial charge in [0.1, 0.15) is 16.2 Å². The molecule has 1 aromatic heterocycles. The van der Waals surface area contributed by atoms with Crippen LogP contribution in [0, 0.1) is 0 Å². The first-order chi connectivity index (χ1) is 8.56. The van der Waals surface area contributed by atoms with Crippen molar-refractivity contribution in [2.24, 2.45) is 0 Å². The Morgan fingerprint density at radius 1 is 1.44 bits per heavy atom. The van der Waals surface area contributed by atoms with Gasteiger partial charge in [0.05, 0.1) is 13.2 Å². The summed E-state index contributed by atoms with van der Waals surface area (Å²) >= 11 is 3.24. The number of hydrogen-bond donors (Lipinski definition) is 1. The van der Waals surface area contributed by atoms with Gasteiger partial charge >= 0.3 is 0 Å². The Labute approximate surface area is 113 Å². The molecule has 0 bridgehead atoms. The third-order valence-corrected chi connectivity index (χ3v) is 2.66. The molecule has 1 aromatic rings. The quantitative estimate of drug-likeness (QED) is 0.782. The molecule has 0 unspecified atom stereocenters. The van der Waals surface area contributed by atoms with Crippen LogP contribution in [0.4, 0.5) is 14.6 Å². The van der Waals surface area contributed by atoms with Crippen molar-refractivity contribution in [1.29, 1.82) is 0 Å². The summed E-state index contributed by atoms with van der Waals surface area (Å²) < 4.78 is 25.5. The standard InChI is InChI=1S/C11H16BrF2N3O/c1-2-3-10-15-8(12)6-11(16-10)17(4-5-18)7-9(13)14/h6,9,18H,2-5,7H2,1H3. The average molecular weight is 324 g/mol. The molecule has 0 aliphatic rings. The molecule has 1 heterocycles. The van der Waals surface area contributed by atoms with E-state index in [1.165, 1.54) is 4.90 Å².